The third-order valence-corrected chi connectivity index (χ3v) is 3.42. The fraction of sp³-hybridized carbons (Fsp3) is 0.636. The Bertz CT molecular complexity index is 242. The van der Waals surface area contributed by atoms with E-state index < -0.39 is 0 Å². The highest BCUT2D eigenvalue weighted by atomic mass is 32.1. The molecule has 0 spiro atoms. The summed E-state index contributed by atoms with van der Waals surface area (Å²) in [6, 6.07) is 4.53. The van der Waals surface area contributed by atoms with Crippen LogP contribution in [0.2, 0.25) is 0 Å². The molecule has 1 nitrogen and oxygen atoms in total. The lowest BCUT2D eigenvalue weighted by molar-refractivity contribution is 0.545. The van der Waals surface area contributed by atoms with Gasteiger partial charge in [0.1, 0.15) is 0 Å². The van der Waals surface area contributed by atoms with E-state index in [1.807, 2.05) is 18.4 Å². The molecule has 0 radical (unpaired) electrons. The Morgan fingerprint density at radius 1 is 1.38 bits per heavy atom. The predicted octanol–water partition coefficient (Wildman–Crippen LogP) is 2.71. The Kier molecular flexibility index (Phi) is 4.46. The van der Waals surface area contributed by atoms with Crippen molar-refractivity contribution in [2.75, 3.05) is 13.6 Å². The van der Waals surface area contributed by atoms with Gasteiger partial charge in [-0.1, -0.05) is 13.8 Å². The summed E-state index contributed by atoms with van der Waals surface area (Å²) in [6.45, 7) is 5.62. The molecule has 0 aliphatic carbocycles. The first-order chi connectivity index (χ1) is 6.26. The maximum absolute atomic E-state index is 3.21. The third kappa shape index (κ3) is 3.49. The Balaban J connectivity index is 2.44. The van der Waals surface area contributed by atoms with Gasteiger partial charge in [-0.15, -0.1) is 11.3 Å². The first-order valence-corrected chi connectivity index (χ1v) is 5.80. The topological polar surface area (TPSA) is 12.0 Å². The van der Waals surface area contributed by atoms with Gasteiger partial charge in [0.15, 0.2) is 0 Å². The molecule has 1 N–H and O–H groups in total. The first kappa shape index (κ1) is 10.7. The van der Waals surface area contributed by atoms with Gasteiger partial charge < -0.3 is 5.32 Å². The lowest BCUT2D eigenvalue weighted by Crippen LogP contribution is -2.17. The first-order valence-electron chi connectivity index (χ1n) is 4.98. The van der Waals surface area contributed by atoms with E-state index in [-0.39, 0.29) is 0 Å². The molecular formula is C11H19NS. The molecule has 0 saturated carbocycles. The van der Waals surface area contributed by atoms with Gasteiger partial charge in [-0.25, -0.2) is 0 Å². The van der Waals surface area contributed by atoms with Gasteiger partial charge >= 0.3 is 0 Å². The highest BCUT2D eigenvalue weighted by molar-refractivity contribution is 7.11. The zero-order valence-corrected chi connectivity index (χ0v) is 9.58. The van der Waals surface area contributed by atoms with Gasteiger partial charge in [-0.2, -0.15) is 0 Å². The van der Waals surface area contributed by atoms with Crippen LogP contribution < -0.4 is 5.32 Å². The maximum Gasteiger partial charge on any atom is 0.00513 e. The molecule has 0 saturated heterocycles. The van der Waals surface area contributed by atoms with E-state index in [1.54, 1.807) is 0 Å². The highest BCUT2D eigenvalue weighted by Crippen LogP contribution is 2.19. The minimum atomic E-state index is 0.744. The van der Waals surface area contributed by atoms with Crippen LogP contribution in [-0.2, 0) is 12.8 Å². The van der Waals surface area contributed by atoms with Gasteiger partial charge in [0, 0.05) is 9.75 Å². The van der Waals surface area contributed by atoms with E-state index in [0.29, 0.717) is 0 Å². The third-order valence-electron chi connectivity index (χ3n) is 2.17. The van der Waals surface area contributed by atoms with Crippen molar-refractivity contribution in [3.63, 3.8) is 0 Å². The van der Waals surface area contributed by atoms with Crippen LogP contribution in [0, 0.1) is 5.92 Å². The van der Waals surface area contributed by atoms with Crippen LogP contribution >= 0.6 is 11.3 Å². The van der Waals surface area contributed by atoms with Crippen LogP contribution in [0.1, 0.15) is 23.6 Å². The van der Waals surface area contributed by atoms with E-state index in [2.05, 4.69) is 31.3 Å². The van der Waals surface area contributed by atoms with Crippen LogP contribution in [0.5, 0.6) is 0 Å². The molecule has 0 fully saturated rings. The van der Waals surface area contributed by atoms with E-state index in [1.165, 1.54) is 22.6 Å². The van der Waals surface area contributed by atoms with Crippen molar-refractivity contribution in [2.24, 2.45) is 5.92 Å². The Morgan fingerprint density at radius 3 is 2.62 bits per heavy atom. The van der Waals surface area contributed by atoms with Crippen molar-refractivity contribution in [1.82, 2.24) is 5.32 Å². The Hall–Kier alpha value is -0.340. The number of rotatable bonds is 5. The molecule has 1 unspecified atom stereocenters. The molecule has 1 aromatic rings. The second kappa shape index (κ2) is 5.40. The minimum absolute atomic E-state index is 0.744. The lowest BCUT2D eigenvalue weighted by atomic mass is 10.1. The summed E-state index contributed by atoms with van der Waals surface area (Å²) in [7, 11) is 2.02. The highest BCUT2D eigenvalue weighted by Gasteiger charge is 2.04. The average Bonchev–Trinajstić information content (AvgIpc) is 2.52. The SMILES string of the molecule is CCc1ccc(CC(C)CNC)s1. The summed E-state index contributed by atoms with van der Waals surface area (Å²) >= 11 is 1.96. The van der Waals surface area contributed by atoms with Gasteiger partial charge in [-0.05, 0) is 44.5 Å². The molecule has 0 amide bonds. The predicted molar refractivity (Wildman–Crippen MR) is 60.5 cm³/mol. The molecule has 0 aliphatic heterocycles. The minimum Gasteiger partial charge on any atom is -0.319 e. The van der Waals surface area contributed by atoms with Crippen molar-refractivity contribution in [2.45, 2.75) is 26.7 Å². The number of thiophene rings is 1. The fourth-order valence-corrected chi connectivity index (χ4v) is 2.61. The Morgan fingerprint density at radius 2 is 2.08 bits per heavy atom. The molecule has 0 aromatic carbocycles. The van der Waals surface area contributed by atoms with Crippen LogP contribution in [0.25, 0.3) is 0 Å². The molecule has 0 aliphatic rings. The zero-order valence-electron chi connectivity index (χ0n) is 8.76. The van der Waals surface area contributed by atoms with Crippen LogP contribution in [0.4, 0.5) is 0 Å². The number of aryl methyl sites for hydroxylation is 1. The summed E-state index contributed by atoms with van der Waals surface area (Å²) < 4.78 is 0. The molecule has 1 heterocycles. The average molecular weight is 197 g/mol. The fourth-order valence-electron chi connectivity index (χ4n) is 1.49. The second-order valence-electron chi connectivity index (χ2n) is 3.59. The van der Waals surface area contributed by atoms with E-state index in [9.17, 15) is 0 Å². The molecule has 74 valence electrons. The Labute approximate surface area is 85.2 Å². The van der Waals surface area contributed by atoms with Gasteiger partial charge in [0.25, 0.3) is 0 Å². The quantitative estimate of drug-likeness (QED) is 0.765. The van der Waals surface area contributed by atoms with Crippen molar-refractivity contribution >= 4 is 11.3 Å². The summed E-state index contributed by atoms with van der Waals surface area (Å²) in [6.07, 6.45) is 2.39. The smallest absolute Gasteiger partial charge is 0.00513 e. The molecule has 1 aromatic heterocycles. The zero-order chi connectivity index (χ0) is 9.68. The number of nitrogens with one attached hydrogen (secondary N) is 1. The summed E-state index contributed by atoms with van der Waals surface area (Å²) in [5, 5.41) is 3.21. The maximum atomic E-state index is 3.21. The largest absolute Gasteiger partial charge is 0.319 e. The van der Waals surface area contributed by atoms with Crippen molar-refractivity contribution in [3.05, 3.63) is 21.9 Å². The number of hydrogen-bond donors (Lipinski definition) is 1. The van der Waals surface area contributed by atoms with Crippen molar-refractivity contribution in [3.8, 4) is 0 Å². The standard InChI is InChI=1S/C11H19NS/c1-4-10-5-6-11(13-10)7-9(2)8-12-3/h5-6,9,12H,4,7-8H2,1-3H3. The van der Waals surface area contributed by atoms with Crippen molar-refractivity contribution in [1.29, 1.82) is 0 Å². The normalized spacial score (nSPS) is 13.2. The molecule has 1 atom stereocenters. The monoisotopic (exact) mass is 197 g/mol. The second-order valence-corrected chi connectivity index (χ2v) is 4.84. The van der Waals surface area contributed by atoms with Gasteiger partial charge in [0.05, 0.1) is 0 Å². The van der Waals surface area contributed by atoms with Gasteiger partial charge in [-0.3, -0.25) is 0 Å². The van der Waals surface area contributed by atoms with E-state index in [0.717, 1.165) is 12.5 Å². The van der Waals surface area contributed by atoms with Crippen LogP contribution in [-0.4, -0.2) is 13.6 Å². The van der Waals surface area contributed by atoms with Crippen LogP contribution in [0.3, 0.4) is 0 Å². The molecule has 0 bridgehead atoms. The summed E-state index contributed by atoms with van der Waals surface area (Å²) in [5.41, 5.74) is 0. The van der Waals surface area contributed by atoms with Crippen LogP contribution in [0.15, 0.2) is 12.1 Å². The molecular weight excluding hydrogens is 178 g/mol. The summed E-state index contributed by atoms with van der Waals surface area (Å²) in [5.74, 6) is 0.744. The van der Waals surface area contributed by atoms with E-state index >= 15 is 0 Å². The lowest BCUT2D eigenvalue weighted by Gasteiger charge is -2.07. The number of hydrogen-bond acceptors (Lipinski definition) is 2. The summed E-state index contributed by atoms with van der Waals surface area (Å²) in [4.78, 5) is 3.03. The molecule has 2 heteroatoms. The van der Waals surface area contributed by atoms with Gasteiger partial charge in [0.2, 0.25) is 0 Å². The molecule has 1 rings (SSSR count). The van der Waals surface area contributed by atoms with Crippen molar-refractivity contribution < 1.29 is 0 Å². The molecule has 13 heavy (non-hydrogen) atoms. The van der Waals surface area contributed by atoms with E-state index in [4.69, 9.17) is 0 Å².